The van der Waals surface area contributed by atoms with Gasteiger partial charge in [0.2, 0.25) is 11.6 Å². The molecule has 0 saturated heterocycles. The summed E-state index contributed by atoms with van der Waals surface area (Å²) >= 11 is 0. The number of non-ortho nitro benzene ring substituents is 2. The number of aromatic nitrogens is 2. The zero-order valence-corrected chi connectivity index (χ0v) is 16.5. The van der Waals surface area contributed by atoms with E-state index in [0.29, 0.717) is 0 Å². The van der Waals surface area contributed by atoms with Crippen molar-refractivity contribution in [1.29, 1.82) is 0 Å². The Morgan fingerprint density at radius 3 is 1.29 bits per heavy atom. The lowest BCUT2D eigenvalue weighted by atomic mass is 10.3. The van der Waals surface area contributed by atoms with E-state index in [0.717, 1.165) is 48.5 Å². The molecule has 31 heavy (non-hydrogen) atoms. The Labute approximate surface area is 173 Å². The summed E-state index contributed by atoms with van der Waals surface area (Å²) in [6.07, 6.45) is 0. The van der Waals surface area contributed by atoms with E-state index < -0.39 is 41.5 Å². The molecular weight excluding hydrogens is 460 g/mol. The van der Waals surface area contributed by atoms with Gasteiger partial charge in [-0.25, -0.2) is 21.5 Å². The predicted molar refractivity (Wildman–Crippen MR) is 102 cm³/mol. The number of nitro benzene ring substituents is 2. The zero-order valence-electron chi connectivity index (χ0n) is 14.9. The van der Waals surface area contributed by atoms with E-state index in [1.54, 1.807) is 0 Å². The number of nitrogens with zero attached hydrogens (tertiary/aromatic N) is 4. The summed E-state index contributed by atoms with van der Waals surface area (Å²) in [6, 6.07) is 7.73. The number of hydrogen-bond donors (Lipinski definition) is 2. The summed E-state index contributed by atoms with van der Waals surface area (Å²) in [5, 5.41) is 27.9. The van der Waals surface area contributed by atoms with Gasteiger partial charge in [-0.2, -0.15) is 0 Å². The summed E-state index contributed by atoms with van der Waals surface area (Å²) in [4.78, 5) is 19.2. The highest BCUT2D eigenvalue weighted by Crippen LogP contribution is 2.25. The van der Waals surface area contributed by atoms with E-state index in [-0.39, 0.29) is 21.2 Å². The van der Waals surface area contributed by atoms with Gasteiger partial charge in [-0.15, -0.1) is 0 Å². The molecule has 0 spiro atoms. The SMILES string of the molecule is O=[N+]([O-])c1ccc(S(=O)(=O)Nc2nonc2NS(=O)(=O)c2ccc([N+](=O)[O-])cc2)cc1. The van der Waals surface area contributed by atoms with Crippen molar-refractivity contribution in [3.8, 4) is 0 Å². The first kappa shape index (κ1) is 21.6. The molecule has 0 atom stereocenters. The Kier molecular flexibility index (Phi) is 5.54. The van der Waals surface area contributed by atoms with Crippen LogP contribution in [0.5, 0.6) is 0 Å². The zero-order chi connectivity index (χ0) is 22.8. The third kappa shape index (κ3) is 4.73. The molecule has 15 nitrogen and oxygen atoms in total. The lowest BCUT2D eigenvalue weighted by Gasteiger charge is -2.08. The number of nitrogens with one attached hydrogen (secondary N) is 2. The number of anilines is 2. The highest BCUT2D eigenvalue weighted by atomic mass is 32.2. The maximum atomic E-state index is 12.4. The number of benzene rings is 2. The second-order valence-electron chi connectivity index (χ2n) is 5.67. The van der Waals surface area contributed by atoms with Crippen molar-refractivity contribution in [2.24, 2.45) is 0 Å². The first-order valence-corrected chi connectivity index (χ1v) is 10.8. The van der Waals surface area contributed by atoms with Crippen LogP contribution in [0.25, 0.3) is 0 Å². The van der Waals surface area contributed by atoms with Crippen molar-refractivity contribution in [3.63, 3.8) is 0 Å². The second kappa shape index (κ2) is 7.95. The Bertz CT molecular complexity index is 1250. The van der Waals surface area contributed by atoms with Gasteiger partial charge in [0.25, 0.3) is 31.4 Å². The summed E-state index contributed by atoms with van der Waals surface area (Å²) in [5.41, 5.74) is -0.669. The fourth-order valence-corrected chi connectivity index (χ4v) is 4.19. The molecule has 0 aliphatic rings. The Hall–Kier alpha value is -4.12. The minimum atomic E-state index is -4.33. The molecule has 0 unspecified atom stereocenters. The van der Waals surface area contributed by atoms with E-state index in [9.17, 15) is 37.1 Å². The molecule has 1 heterocycles. The Morgan fingerprint density at radius 2 is 1.00 bits per heavy atom. The van der Waals surface area contributed by atoms with Crippen molar-refractivity contribution in [3.05, 3.63) is 68.8 Å². The third-order valence-electron chi connectivity index (χ3n) is 3.67. The summed E-state index contributed by atoms with van der Waals surface area (Å²) in [7, 11) is -8.66. The average molecular weight is 470 g/mol. The molecule has 3 aromatic rings. The van der Waals surface area contributed by atoms with Gasteiger partial charge < -0.3 is 0 Å². The first-order valence-electron chi connectivity index (χ1n) is 7.87. The molecule has 0 amide bonds. The molecule has 0 fully saturated rings. The molecule has 162 valence electrons. The number of sulfonamides is 2. The third-order valence-corrected chi connectivity index (χ3v) is 6.38. The molecule has 2 N–H and O–H groups in total. The van der Waals surface area contributed by atoms with Crippen LogP contribution >= 0.6 is 0 Å². The molecular formula is C14H10N6O9S2. The van der Waals surface area contributed by atoms with Gasteiger partial charge in [0, 0.05) is 24.3 Å². The Balaban J connectivity index is 1.83. The normalized spacial score (nSPS) is 11.6. The van der Waals surface area contributed by atoms with Gasteiger partial charge in [0.05, 0.1) is 19.6 Å². The predicted octanol–water partition coefficient (Wildman–Crippen LogP) is 1.49. The minimum Gasteiger partial charge on any atom is -0.258 e. The molecule has 0 radical (unpaired) electrons. The van der Waals surface area contributed by atoms with Gasteiger partial charge in [0.15, 0.2) is 0 Å². The quantitative estimate of drug-likeness (QED) is 0.355. The van der Waals surface area contributed by atoms with Crippen molar-refractivity contribution in [2.75, 3.05) is 9.44 Å². The van der Waals surface area contributed by atoms with Crippen LogP contribution in [0.2, 0.25) is 0 Å². The highest BCUT2D eigenvalue weighted by Gasteiger charge is 2.25. The van der Waals surface area contributed by atoms with E-state index in [2.05, 4.69) is 14.9 Å². The largest absolute Gasteiger partial charge is 0.269 e. The van der Waals surface area contributed by atoms with Crippen LogP contribution in [-0.2, 0) is 20.0 Å². The van der Waals surface area contributed by atoms with Gasteiger partial charge >= 0.3 is 0 Å². The molecule has 3 rings (SSSR count). The van der Waals surface area contributed by atoms with Crippen LogP contribution in [0.4, 0.5) is 23.0 Å². The van der Waals surface area contributed by atoms with E-state index in [1.807, 2.05) is 9.44 Å². The second-order valence-corrected chi connectivity index (χ2v) is 9.04. The van der Waals surface area contributed by atoms with Gasteiger partial charge in [-0.05, 0) is 34.6 Å². The topological polar surface area (TPSA) is 218 Å². The van der Waals surface area contributed by atoms with Gasteiger partial charge in [-0.1, -0.05) is 0 Å². The van der Waals surface area contributed by atoms with Crippen molar-refractivity contribution >= 4 is 43.1 Å². The molecule has 2 aromatic carbocycles. The van der Waals surface area contributed by atoms with Crippen LogP contribution in [0.3, 0.4) is 0 Å². The monoisotopic (exact) mass is 470 g/mol. The standard InChI is InChI=1S/C14H10N6O9S2/c21-19(22)9-1-5-11(6-2-9)30(25,26)17-13-14(16-29-15-13)18-31(27,28)12-7-3-10(4-8-12)20(23)24/h1-8H,(H,15,17)(H,16,18). The lowest BCUT2D eigenvalue weighted by Crippen LogP contribution is -2.17. The van der Waals surface area contributed by atoms with E-state index in [4.69, 9.17) is 0 Å². The fourth-order valence-electron chi connectivity index (χ4n) is 2.19. The summed E-state index contributed by atoms with van der Waals surface area (Å²) in [5.74, 6) is -1.22. The molecule has 0 saturated carbocycles. The summed E-state index contributed by atoms with van der Waals surface area (Å²) in [6.45, 7) is 0. The van der Waals surface area contributed by atoms with Crippen LogP contribution in [0, 0.1) is 20.2 Å². The fraction of sp³-hybridized carbons (Fsp3) is 0. The smallest absolute Gasteiger partial charge is 0.258 e. The number of rotatable bonds is 8. The van der Waals surface area contributed by atoms with Crippen LogP contribution in [0.15, 0.2) is 63.0 Å². The number of hydrogen-bond acceptors (Lipinski definition) is 11. The molecule has 0 aliphatic heterocycles. The Morgan fingerprint density at radius 1 is 0.677 bits per heavy atom. The van der Waals surface area contributed by atoms with Crippen LogP contribution < -0.4 is 9.44 Å². The number of nitro groups is 2. The minimum absolute atomic E-state index is 0.335. The van der Waals surface area contributed by atoms with E-state index in [1.165, 1.54) is 0 Å². The van der Waals surface area contributed by atoms with E-state index >= 15 is 0 Å². The molecule has 0 bridgehead atoms. The molecule has 1 aromatic heterocycles. The van der Waals surface area contributed by atoms with Crippen molar-refractivity contribution in [1.82, 2.24) is 10.3 Å². The highest BCUT2D eigenvalue weighted by molar-refractivity contribution is 7.93. The van der Waals surface area contributed by atoms with Gasteiger partial charge in [0.1, 0.15) is 0 Å². The lowest BCUT2D eigenvalue weighted by molar-refractivity contribution is -0.385. The average Bonchev–Trinajstić information content (AvgIpc) is 3.13. The van der Waals surface area contributed by atoms with Crippen LogP contribution in [0.1, 0.15) is 0 Å². The van der Waals surface area contributed by atoms with Crippen molar-refractivity contribution in [2.45, 2.75) is 9.79 Å². The molecule has 17 heteroatoms. The van der Waals surface area contributed by atoms with Crippen molar-refractivity contribution < 1.29 is 31.3 Å². The molecule has 0 aliphatic carbocycles. The maximum absolute atomic E-state index is 12.4. The summed E-state index contributed by atoms with van der Waals surface area (Å²) < 4.78 is 58.0. The van der Waals surface area contributed by atoms with Gasteiger partial charge in [-0.3, -0.25) is 29.7 Å². The van der Waals surface area contributed by atoms with Crippen LogP contribution in [-0.4, -0.2) is 37.0 Å². The maximum Gasteiger partial charge on any atom is 0.269 e. The first-order chi connectivity index (χ1) is 14.5.